The molecule has 3 unspecified atom stereocenters. The van der Waals surface area contributed by atoms with Gasteiger partial charge in [0.2, 0.25) is 11.8 Å². The Balaban J connectivity index is 1.38. The fraction of sp³-hybridized carbons (Fsp3) is 0.788. The number of Topliss-reactive ketones (excluding diaryl/α,β-unsaturated/α-hetero) is 1. The van der Waals surface area contributed by atoms with Crippen molar-refractivity contribution in [3.63, 3.8) is 0 Å². The highest BCUT2D eigenvalue weighted by Crippen LogP contribution is 2.64. The molecule has 5 heteroatoms. The van der Waals surface area contributed by atoms with Gasteiger partial charge in [-0.3, -0.25) is 14.4 Å². The molecule has 0 aromatic carbocycles. The summed E-state index contributed by atoms with van der Waals surface area (Å²) in [6.07, 6.45) is 16.6. The highest BCUT2D eigenvalue weighted by Gasteiger charge is 2.58. The van der Waals surface area contributed by atoms with Gasteiger partial charge in [0.25, 0.3) is 0 Å². The first-order chi connectivity index (χ1) is 17.8. The minimum absolute atomic E-state index is 0.00558. The van der Waals surface area contributed by atoms with Crippen molar-refractivity contribution in [2.24, 2.45) is 34.5 Å². The molecule has 5 aliphatic rings. The fourth-order valence-electron chi connectivity index (χ4n) is 9.29. The number of hydrogen-bond donors (Lipinski definition) is 1. The normalized spacial score (nSPS) is 36.3. The van der Waals surface area contributed by atoms with Gasteiger partial charge in [0, 0.05) is 36.4 Å². The van der Waals surface area contributed by atoms with Crippen LogP contribution in [0, 0.1) is 34.5 Å². The zero-order valence-corrected chi connectivity index (χ0v) is 24.7. The third kappa shape index (κ3) is 4.70. The Morgan fingerprint density at radius 1 is 0.974 bits per heavy atom. The van der Waals surface area contributed by atoms with Gasteiger partial charge in [-0.2, -0.15) is 0 Å². The molecule has 38 heavy (non-hydrogen) atoms. The van der Waals surface area contributed by atoms with Crippen molar-refractivity contribution in [2.45, 2.75) is 123 Å². The molecule has 0 aromatic heterocycles. The quantitative estimate of drug-likeness (QED) is 0.436. The summed E-state index contributed by atoms with van der Waals surface area (Å²) in [6, 6.07) is -0.416. The van der Waals surface area contributed by atoms with E-state index < -0.39 is 6.04 Å². The molecule has 5 aliphatic carbocycles. The van der Waals surface area contributed by atoms with Crippen LogP contribution in [-0.2, 0) is 14.4 Å². The Bertz CT molecular complexity index is 1040. The monoisotopic (exact) mass is 522 g/mol. The summed E-state index contributed by atoms with van der Waals surface area (Å²) in [7, 11) is 1.88. The fourth-order valence-corrected chi connectivity index (χ4v) is 9.29. The molecular formula is C33H50N2O3. The first-order valence-electron chi connectivity index (χ1n) is 15.4. The number of ketones is 1. The highest BCUT2D eigenvalue weighted by atomic mass is 16.2. The topological polar surface area (TPSA) is 66.5 Å². The van der Waals surface area contributed by atoms with Gasteiger partial charge >= 0.3 is 0 Å². The van der Waals surface area contributed by atoms with Gasteiger partial charge < -0.3 is 10.2 Å². The zero-order chi connectivity index (χ0) is 27.5. The number of rotatable bonds is 4. The molecular weight excluding hydrogens is 472 g/mol. The molecule has 5 rings (SSSR count). The van der Waals surface area contributed by atoms with Gasteiger partial charge in [-0.15, -0.1) is 0 Å². The number of nitrogens with zero attached hydrogens (tertiary/aromatic N) is 1. The molecule has 0 aliphatic heterocycles. The lowest BCUT2D eigenvalue weighted by atomic mass is 9.47. The molecule has 210 valence electrons. The van der Waals surface area contributed by atoms with Crippen LogP contribution in [0.3, 0.4) is 0 Å². The van der Waals surface area contributed by atoms with Crippen molar-refractivity contribution >= 4 is 17.6 Å². The summed E-state index contributed by atoms with van der Waals surface area (Å²) in [6.45, 7) is 10.8. The average molecular weight is 523 g/mol. The SMILES string of the molecule is CN(C(=O)C1=CCC2C3CC=C4CC(=O)CC[C@]4(C)C3CC[C@]12C)[C@H](C(=O)NC(C)(C)C)C1CCCCC1. The number of hydrogen-bond acceptors (Lipinski definition) is 3. The van der Waals surface area contributed by atoms with Crippen LogP contribution >= 0.6 is 0 Å². The first-order valence-corrected chi connectivity index (χ1v) is 15.4. The van der Waals surface area contributed by atoms with E-state index >= 15 is 0 Å². The molecule has 0 aromatic rings. The second kappa shape index (κ2) is 9.93. The Kier molecular flexibility index (Phi) is 7.22. The molecule has 5 nitrogen and oxygen atoms in total. The Morgan fingerprint density at radius 2 is 1.68 bits per heavy atom. The number of allylic oxidation sites excluding steroid dienone is 3. The lowest BCUT2D eigenvalue weighted by Gasteiger charge is -2.57. The number of amides is 2. The average Bonchev–Trinajstić information content (AvgIpc) is 3.21. The molecule has 0 saturated heterocycles. The van der Waals surface area contributed by atoms with E-state index in [1.54, 1.807) is 0 Å². The van der Waals surface area contributed by atoms with Gasteiger partial charge in [0.15, 0.2) is 0 Å². The lowest BCUT2D eigenvalue weighted by molar-refractivity contribution is -0.141. The maximum absolute atomic E-state index is 14.3. The maximum Gasteiger partial charge on any atom is 0.250 e. The smallest absolute Gasteiger partial charge is 0.250 e. The lowest BCUT2D eigenvalue weighted by Crippen LogP contribution is -2.57. The molecule has 1 N–H and O–H groups in total. The van der Waals surface area contributed by atoms with Gasteiger partial charge in [-0.25, -0.2) is 0 Å². The predicted octanol–water partition coefficient (Wildman–Crippen LogP) is 6.38. The van der Waals surface area contributed by atoms with Crippen LogP contribution in [0.25, 0.3) is 0 Å². The molecule has 0 heterocycles. The summed E-state index contributed by atoms with van der Waals surface area (Å²) < 4.78 is 0. The molecule has 6 atom stereocenters. The van der Waals surface area contributed by atoms with Crippen LogP contribution in [0.1, 0.15) is 112 Å². The third-order valence-electron chi connectivity index (χ3n) is 11.3. The van der Waals surface area contributed by atoms with E-state index in [4.69, 9.17) is 0 Å². The minimum atomic E-state index is -0.416. The van der Waals surface area contributed by atoms with Crippen molar-refractivity contribution in [3.8, 4) is 0 Å². The highest BCUT2D eigenvalue weighted by molar-refractivity contribution is 5.98. The number of nitrogens with one attached hydrogen (secondary N) is 1. The van der Waals surface area contributed by atoms with Crippen LogP contribution in [0.15, 0.2) is 23.3 Å². The molecule has 0 spiro atoms. The third-order valence-corrected chi connectivity index (χ3v) is 11.3. The number of fused-ring (bicyclic) bond motifs is 5. The van der Waals surface area contributed by atoms with Crippen molar-refractivity contribution in [2.75, 3.05) is 7.05 Å². The number of likely N-dealkylation sites (N-methyl/N-ethyl adjacent to an activating group) is 1. The summed E-state index contributed by atoms with van der Waals surface area (Å²) >= 11 is 0. The number of carbonyl (C=O) groups excluding carboxylic acids is 3. The van der Waals surface area contributed by atoms with E-state index in [1.807, 2.05) is 32.7 Å². The van der Waals surface area contributed by atoms with E-state index in [2.05, 4.69) is 31.3 Å². The number of carbonyl (C=O) groups is 3. The first kappa shape index (κ1) is 27.6. The van der Waals surface area contributed by atoms with Crippen LogP contribution in [0.5, 0.6) is 0 Å². The minimum Gasteiger partial charge on any atom is -0.350 e. The van der Waals surface area contributed by atoms with Crippen LogP contribution < -0.4 is 5.32 Å². The van der Waals surface area contributed by atoms with Gasteiger partial charge in [0.05, 0.1) is 0 Å². The van der Waals surface area contributed by atoms with E-state index in [0.717, 1.165) is 63.4 Å². The molecule has 0 bridgehead atoms. The molecule has 0 radical (unpaired) electrons. The van der Waals surface area contributed by atoms with E-state index in [0.29, 0.717) is 36.4 Å². The Labute approximate surface area is 230 Å². The predicted molar refractivity (Wildman–Crippen MR) is 151 cm³/mol. The van der Waals surface area contributed by atoms with E-state index in [1.165, 1.54) is 12.0 Å². The van der Waals surface area contributed by atoms with Gasteiger partial charge in [-0.05, 0) is 94.8 Å². The summed E-state index contributed by atoms with van der Waals surface area (Å²) in [5.41, 5.74) is 2.01. The molecule has 2 amide bonds. The Morgan fingerprint density at radius 3 is 2.37 bits per heavy atom. The van der Waals surface area contributed by atoms with E-state index in [-0.39, 0.29) is 34.1 Å². The summed E-state index contributed by atoms with van der Waals surface area (Å²) in [5.74, 6) is 2.29. The molecule has 3 fully saturated rings. The molecule has 3 saturated carbocycles. The summed E-state index contributed by atoms with van der Waals surface area (Å²) in [4.78, 5) is 41.9. The summed E-state index contributed by atoms with van der Waals surface area (Å²) in [5, 5.41) is 3.20. The van der Waals surface area contributed by atoms with E-state index in [9.17, 15) is 14.4 Å². The van der Waals surface area contributed by atoms with Crippen LogP contribution in [0.4, 0.5) is 0 Å². The van der Waals surface area contributed by atoms with Crippen molar-refractivity contribution < 1.29 is 14.4 Å². The van der Waals surface area contributed by atoms with Crippen molar-refractivity contribution in [1.29, 1.82) is 0 Å². The van der Waals surface area contributed by atoms with Crippen molar-refractivity contribution in [3.05, 3.63) is 23.3 Å². The van der Waals surface area contributed by atoms with Crippen LogP contribution in [-0.4, -0.2) is 41.1 Å². The second-order valence-electron chi connectivity index (χ2n) is 14.8. The van der Waals surface area contributed by atoms with Crippen molar-refractivity contribution in [1.82, 2.24) is 10.2 Å². The second-order valence-corrected chi connectivity index (χ2v) is 14.8. The standard InChI is InChI=1S/C33H50N2O3/c1-31(2,3)34-29(37)28(21-10-8-7-9-11-21)35(6)30(38)27-15-14-25-24-13-12-22-20-23(36)16-18-32(22,4)26(24)17-19-33(25,27)5/h12,15,21,24-26,28H,7-11,13-14,16-20H2,1-6H3,(H,34,37)/t24?,25?,26?,28-,32-,33-/m0/s1. The maximum atomic E-state index is 14.3. The largest absolute Gasteiger partial charge is 0.350 e. The van der Waals surface area contributed by atoms with Crippen LogP contribution in [0.2, 0.25) is 0 Å². The Hall–Kier alpha value is -1.91. The van der Waals surface area contributed by atoms with Gasteiger partial charge in [-0.1, -0.05) is 50.8 Å². The zero-order valence-electron chi connectivity index (χ0n) is 24.7. The van der Waals surface area contributed by atoms with Gasteiger partial charge in [0.1, 0.15) is 11.8 Å².